The number of aromatic nitrogens is 1. The van der Waals surface area contributed by atoms with E-state index >= 15 is 0 Å². The summed E-state index contributed by atoms with van der Waals surface area (Å²) in [4.78, 5) is 16.8. The first-order valence-electron chi connectivity index (χ1n) is 9.51. The van der Waals surface area contributed by atoms with Gasteiger partial charge in [0, 0.05) is 28.9 Å². The Hall–Kier alpha value is -2.43. The number of benzene rings is 1. The van der Waals surface area contributed by atoms with Gasteiger partial charge in [0.1, 0.15) is 11.8 Å². The summed E-state index contributed by atoms with van der Waals surface area (Å²) in [6.07, 6.45) is 3.27. The Bertz CT molecular complexity index is 950. The Kier molecular flexibility index (Phi) is 5.97. The van der Waals surface area contributed by atoms with Crippen molar-refractivity contribution in [2.75, 3.05) is 0 Å². The lowest BCUT2D eigenvalue weighted by molar-refractivity contribution is 0.0873. The van der Waals surface area contributed by atoms with Gasteiger partial charge in [0.05, 0.1) is 4.47 Å². The molecular formula is C22H25BrN4O2. The second-order valence-corrected chi connectivity index (χ2v) is 9.53. The normalized spacial score (nSPS) is 17.9. The summed E-state index contributed by atoms with van der Waals surface area (Å²) in [6.45, 7) is 8.63. The third-order valence-corrected chi connectivity index (χ3v) is 5.44. The van der Waals surface area contributed by atoms with Gasteiger partial charge in [0.25, 0.3) is 5.91 Å². The molecular weight excluding hydrogens is 432 g/mol. The Balaban J connectivity index is 1.73. The summed E-state index contributed by atoms with van der Waals surface area (Å²) in [5.74, 6) is 0.761. The molecule has 1 aliphatic heterocycles. The van der Waals surface area contributed by atoms with Gasteiger partial charge < -0.3 is 15.4 Å². The number of pyridine rings is 1. The highest BCUT2D eigenvalue weighted by Crippen LogP contribution is 2.32. The van der Waals surface area contributed by atoms with Crippen molar-refractivity contribution in [1.29, 1.82) is 5.26 Å². The zero-order valence-electron chi connectivity index (χ0n) is 17.0. The lowest BCUT2D eigenvalue weighted by Gasteiger charge is -2.46. The molecule has 0 spiro atoms. The van der Waals surface area contributed by atoms with Gasteiger partial charge >= 0.3 is 0 Å². The fourth-order valence-electron chi connectivity index (χ4n) is 4.09. The third kappa shape index (κ3) is 5.34. The molecule has 0 aliphatic carbocycles. The number of ether oxygens (including phenoxy) is 1. The van der Waals surface area contributed by atoms with Gasteiger partial charge in [-0.1, -0.05) is 0 Å². The molecule has 7 heteroatoms. The molecule has 1 amide bonds. The van der Waals surface area contributed by atoms with E-state index in [4.69, 9.17) is 10.00 Å². The number of nitrogens with zero attached hydrogens (tertiary/aromatic N) is 2. The monoisotopic (exact) mass is 456 g/mol. The van der Waals surface area contributed by atoms with Gasteiger partial charge in [-0.05, 0) is 86.8 Å². The van der Waals surface area contributed by atoms with E-state index in [1.165, 1.54) is 6.20 Å². The number of carbonyl (C=O) groups is 1. The van der Waals surface area contributed by atoms with Crippen molar-refractivity contribution < 1.29 is 9.53 Å². The smallest absolute Gasteiger partial charge is 0.251 e. The number of piperidine rings is 1. The number of rotatable bonds is 4. The molecule has 1 saturated heterocycles. The summed E-state index contributed by atoms with van der Waals surface area (Å²) >= 11 is 3.46. The van der Waals surface area contributed by atoms with Gasteiger partial charge in [0.2, 0.25) is 0 Å². The number of nitriles is 1. The number of hydrogen-bond acceptors (Lipinski definition) is 5. The van der Waals surface area contributed by atoms with Crippen LogP contribution >= 0.6 is 15.9 Å². The Morgan fingerprint density at radius 3 is 2.55 bits per heavy atom. The minimum atomic E-state index is -0.116. The predicted molar refractivity (Wildman–Crippen MR) is 115 cm³/mol. The first-order valence-corrected chi connectivity index (χ1v) is 10.3. The van der Waals surface area contributed by atoms with Crippen LogP contribution in [-0.4, -0.2) is 28.0 Å². The SMILES string of the molecule is CC1(C)CC(NC(=O)c2ccc(Oc3cccnc3C#N)c(Br)c2)CC(C)(C)N1. The van der Waals surface area contributed by atoms with Gasteiger partial charge in [-0.3, -0.25) is 4.79 Å². The number of nitrogens with one attached hydrogen (secondary N) is 2. The summed E-state index contributed by atoms with van der Waals surface area (Å²) < 4.78 is 6.43. The predicted octanol–water partition coefficient (Wildman–Crippen LogP) is 4.55. The van der Waals surface area contributed by atoms with Crippen LogP contribution in [0.3, 0.4) is 0 Å². The van der Waals surface area contributed by atoms with E-state index in [0.29, 0.717) is 21.5 Å². The quantitative estimate of drug-likeness (QED) is 0.704. The molecule has 1 fully saturated rings. The van der Waals surface area contributed by atoms with Crippen LogP contribution in [0.25, 0.3) is 0 Å². The van der Waals surface area contributed by atoms with Gasteiger partial charge in [0.15, 0.2) is 11.4 Å². The molecule has 0 unspecified atom stereocenters. The number of hydrogen-bond donors (Lipinski definition) is 2. The van der Waals surface area contributed by atoms with Crippen molar-refractivity contribution >= 4 is 21.8 Å². The van der Waals surface area contributed by atoms with Crippen LogP contribution in [-0.2, 0) is 0 Å². The molecule has 0 radical (unpaired) electrons. The van der Waals surface area contributed by atoms with E-state index < -0.39 is 0 Å². The summed E-state index contributed by atoms with van der Waals surface area (Å²) in [7, 11) is 0. The highest BCUT2D eigenvalue weighted by atomic mass is 79.9. The molecule has 0 atom stereocenters. The van der Waals surface area contributed by atoms with Gasteiger partial charge in [-0.15, -0.1) is 0 Å². The van der Waals surface area contributed by atoms with E-state index in [0.717, 1.165) is 12.8 Å². The zero-order chi connectivity index (χ0) is 21.2. The summed E-state index contributed by atoms with van der Waals surface area (Å²) in [6, 6.07) is 10.6. The van der Waals surface area contributed by atoms with Crippen molar-refractivity contribution in [2.45, 2.75) is 57.7 Å². The standard InChI is InChI=1S/C22H25BrN4O2/c1-21(2)11-15(12-22(3,4)27-21)26-20(28)14-7-8-18(16(23)10-14)29-19-6-5-9-25-17(19)13-24/h5-10,15,27H,11-12H2,1-4H3,(H,26,28). The summed E-state index contributed by atoms with van der Waals surface area (Å²) in [5, 5.41) is 15.9. The van der Waals surface area contributed by atoms with Crippen LogP contribution in [0.2, 0.25) is 0 Å². The topological polar surface area (TPSA) is 87.0 Å². The van der Waals surface area contributed by atoms with Crippen molar-refractivity contribution in [3.63, 3.8) is 0 Å². The molecule has 2 N–H and O–H groups in total. The third-order valence-electron chi connectivity index (χ3n) is 4.82. The summed E-state index contributed by atoms with van der Waals surface area (Å²) in [5.41, 5.74) is 0.669. The van der Waals surface area contributed by atoms with Crippen molar-refractivity contribution in [3.05, 3.63) is 52.3 Å². The molecule has 2 aromatic rings. The molecule has 1 aromatic carbocycles. The van der Waals surface area contributed by atoms with Crippen molar-refractivity contribution in [3.8, 4) is 17.6 Å². The largest absolute Gasteiger partial charge is 0.453 e. The second kappa shape index (κ2) is 8.13. The minimum absolute atomic E-state index is 0.0415. The maximum absolute atomic E-state index is 12.8. The fourth-order valence-corrected chi connectivity index (χ4v) is 4.55. The number of amides is 1. The van der Waals surface area contributed by atoms with Gasteiger partial charge in [-0.25, -0.2) is 4.98 Å². The Labute approximate surface area is 179 Å². The molecule has 3 rings (SSSR count). The number of halogens is 1. The van der Waals surface area contributed by atoms with Crippen LogP contribution in [0.1, 0.15) is 56.6 Å². The van der Waals surface area contributed by atoms with Gasteiger partial charge in [-0.2, -0.15) is 5.26 Å². The lowest BCUT2D eigenvalue weighted by Crippen LogP contribution is -2.62. The molecule has 6 nitrogen and oxygen atoms in total. The molecule has 1 aliphatic rings. The van der Waals surface area contributed by atoms with E-state index in [1.54, 1.807) is 30.3 Å². The van der Waals surface area contributed by atoms with Crippen LogP contribution in [0.4, 0.5) is 0 Å². The molecule has 29 heavy (non-hydrogen) atoms. The fraction of sp³-hybridized carbons (Fsp3) is 0.409. The van der Waals surface area contributed by atoms with E-state index in [2.05, 4.69) is 59.2 Å². The van der Waals surface area contributed by atoms with E-state index in [-0.39, 0.29) is 28.7 Å². The van der Waals surface area contributed by atoms with Crippen LogP contribution in [0.15, 0.2) is 41.0 Å². The van der Waals surface area contributed by atoms with Crippen molar-refractivity contribution in [2.24, 2.45) is 0 Å². The second-order valence-electron chi connectivity index (χ2n) is 8.68. The first kappa shape index (κ1) is 21.3. The molecule has 0 bridgehead atoms. The molecule has 1 aromatic heterocycles. The highest BCUT2D eigenvalue weighted by Gasteiger charge is 2.38. The first-order chi connectivity index (χ1) is 13.6. The molecule has 0 saturated carbocycles. The van der Waals surface area contributed by atoms with Crippen LogP contribution < -0.4 is 15.4 Å². The highest BCUT2D eigenvalue weighted by molar-refractivity contribution is 9.10. The van der Waals surface area contributed by atoms with E-state index in [1.807, 2.05) is 6.07 Å². The van der Waals surface area contributed by atoms with E-state index in [9.17, 15) is 4.79 Å². The van der Waals surface area contributed by atoms with Crippen LogP contribution in [0, 0.1) is 11.3 Å². The molecule has 152 valence electrons. The maximum atomic E-state index is 12.8. The zero-order valence-corrected chi connectivity index (χ0v) is 18.6. The maximum Gasteiger partial charge on any atom is 0.251 e. The Morgan fingerprint density at radius 2 is 1.93 bits per heavy atom. The Morgan fingerprint density at radius 1 is 1.24 bits per heavy atom. The molecule has 2 heterocycles. The van der Waals surface area contributed by atoms with Crippen molar-refractivity contribution in [1.82, 2.24) is 15.6 Å². The average Bonchev–Trinajstić information content (AvgIpc) is 2.61. The van der Waals surface area contributed by atoms with Crippen LogP contribution in [0.5, 0.6) is 11.5 Å². The number of carbonyl (C=O) groups excluding carboxylic acids is 1. The lowest BCUT2D eigenvalue weighted by atomic mass is 9.79. The minimum Gasteiger partial charge on any atom is -0.453 e. The average molecular weight is 457 g/mol.